The maximum atomic E-state index is 11.9. The van der Waals surface area contributed by atoms with Crippen LogP contribution in [0.15, 0.2) is 48.5 Å². The predicted molar refractivity (Wildman–Crippen MR) is 105 cm³/mol. The van der Waals surface area contributed by atoms with Crippen molar-refractivity contribution in [2.45, 2.75) is 18.6 Å². The lowest BCUT2D eigenvalue weighted by molar-refractivity contribution is -0.118. The van der Waals surface area contributed by atoms with Crippen molar-refractivity contribution in [3.05, 3.63) is 64.9 Å². The molecule has 6 heteroatoms. The fourth-order valence-corrected chi connectivity index (χ4v) is 3.44. The molecule has 130 valence electrons. The smallest absolute Gasteiger partial charge is 0.230 e. The normalized spacial score (nSPS) is 10.9. The van der Waals surface area contributed by atoms with Gasteiger partial charge in [0.15, 0.2) is 0 Å². The number of carbonyl (C=O) groups is 1. The highest BCUT2D eigenvalue weighted by Crippen LogP contribution is 2.15. The number of aromatic nitrogens is 2. The van der Waals surface area contributed by atoms with Crippen molar-refractivity contribution in [1.29, 1.82) is 0 Å². The van der Waals surface area contributed by atoms with Crippen LogP contribution in [-0.2, 0) is 17.0 Å². The zero-order valence-corrected chi connectivity index (χ0v) is 15.4. The number of nitrogens with zero attached hydrogens (tertiary/aromatic N) is 1. The largest absolute Gasteiger partial charge is 0.355 e. The quantitative estimate of drug-likeness (QED) is 0.582. The number of thioether (sulfide) groups is 1. The van der Waals surface area contributed by atoms with Crippen molar-refractivity contribution >= 4 is 40.3 Å². The number of amides is 1. The summed E-state index contributed by atoms with van der Waals surface area (Å²) in [7, 11) is 0. The van der Waals surface area contributed by atoms with Gasteiger partial charge in [-0.25, -0.2) is 4.98 Å². The van der Waals surface area contributed by atoms with Gasteiger partial charge in [0, 0.05) is 23.7 Å². The van der Waals surface area contributed by atoms with Gasteiger partial charge in [-0.1, -0.05) is 35.9 Å². The Labute approximate surface area is 156 Å². The summed E-state index contributed by atoms with van der Waals surface area (Å²) in [6.07, 6.45) is 1.69. The first kappa shape index (κ1) is 17.8. The minimum Gasteiger partial charge on any atom is -0.355 e. The third-order valence-electron chi connectivity index (χ3n) is 3.77. The van der Waals surface area contributed by atoms with Gasteiger partial charge in [0.05, 0.1) is 16.8 Å². The van der Waals surface area contributed by atoms with E-state index in [2.05, 4.69) is 15.3 Å². The van der Waals surface area contributed by atoms with Crippen LogP contribution in [0, 0.1) is 0 Å². The van der Waals surface area contributed by atoms with Gasteiger partial charge >= 0.3 is 0 Å². The number of hydrogen-bond acceptors (Lipinski definition) is 3. The summed E-state index contributed by atoms with van der Waals surface area (Å²) in [5.74, 6) is 2.31. The maximum absolute atomic E-state index is 11.9. The van der Waals surface area contributed by atoms with E-state index in [-0.39, 0.29) is 5.91 Å². The third kappa shape index (κ3) is 5.51. The molecule has 2 N–H and O–H groups in total. The van der Waals surface area contributed by atoms with E-state index in [0.717, 1.165) is 40.5 Å². The lowest BCUT2D eigenvalue weighted by Crippen LogP contribution is -2.26. The van der Waals surface area contributed by atoms with Gasteiger partial charge in [-0.3, -0.25) is 4.79 Å². The number of fused-ring (bicyclic) bond motifs is 1. The number of imidazole rings is 1. The molecule has 0 atom stereocenters. The van der Waals surface area contributed by atoms with Gasteiger partial charge < -0.3 is 10.3 Å². The van der Waals surface area contributed by atoms with Crippen LogP contribution in [0.3, 0.4) is 0 Å². The topological polar surface area (TPSA) is 57.8 Å². The van der Waals surface area contributed by atoms with Crippen LogP contribution >= 0.6 is 23.4 Å². The van der Waals surface area contributed by atoms with Gasteiger partial charge in [0.1, 0.15) is 5.82 Å². The molecule has 1 amide bonds. The van der Waals surface area contributed by atoms with Gasteiger partial charge in [-0.2, -0.15) is 0 Å². The molecule has 0 unspecified atom stereocenters. The standard InChI is InChI=1S/C19H20ClN3OS/c20-15-9-7-14(8-10-15)12-25-13-19(24)21-11-3-6-18-22-16-4-1-2-5-17(16)23-18/h1-2,4-5,7-10H,3,6,11-13H2,(H,21,24)(H,22,23). The van der Waals surface area contributed by atoms with E-state index < -0.39 is 0 Å². The zero-order chi connectivity index (χ0) is 17.5. The van der Waals surface area contributed by atoms with E-state index in [4.69, 9.17) is 11.6 Å². The summed E-state index contributed by atoms with van der Waals surface area (Å²) in [6.45, 7) is 0.664. The Hall–Kier alpha value is -1.98. The number of benzene rings is 2. The summed E-state index contributed by atoms with van der Waals surface area (Å²) in [4.78, 5) is 19.7. The monoisotopic (exact) mass is 373 g/mol. The van der Waals surface area contributed by atoms with E-state index >= 15 is 0 Å². The molecule has 0 aliphatic carbocycles. The first-order valence-corrected chi connectivity index (χ1v) is 9.76. The lowest BCUT2D eigenvalue weighted by atomic mass is 10.2. The van der Waals surface area contributed by atoms with Gasteiger partial charge in [0.25, 0.3) is 0 Å². The van der Waals surface area contributed by atoms with Crippen molar-refractivity contribution in [3.8, 4) is 0 Å². The second-order valence-corrected chi connectivity index (χ2v) is 7.20. The molecule has 0 saturated carbocycles. The number of para-hydroxylation sites is 2. The van der Waals surface area contributed by atoms with Crippen LogP contribution in [0.25, 0.3) is 11.0 Å². The van der Waals surface area contributed by atoms with E-state index in [9.17, 15) is 4.79 Å². The Morgan fingerprint density at radius 2 is 1.96 bits per heavy atom. The summed E-state index contributed by atoms with van der Waals surface area (Å²) >= 11 is 7.46. The van der Waals surface area contributed by atoms with Gasteiger partial charge in [-0.15, -0.1) is 11.8 Å². The fraction of sp³-hybridized carbons (Fsp3) is 0.263. The predicted octanol–water partition coefficient (Wildman–Crippen LogP) is 4.20. The molecule has 3 rings (SSSR count). The molecule has 0 aliphatic heterocycles. The third-order valence-corrected chi connectivity index (χ3v) is 5.02. The number of nitrogens with one attached hydrogen (secondary N) is 2. The number of carbonyl (C=O) groups excluding carboxylic acids is 1. The summed E-state index contributed by atoms with van der Waals surface area (Å²) in [5, 5.41) is 3.69. The molecule has 0 bridgehead atoms. The second kappa shape index (κ2) is 8.92. The van der Waals surface area contributed by atoms with Crippen LogP contribution < -0.4 is 5.32 Å². The molecular formula is C19H20ClN3OS. The Morgan fingerprint density at radius 3 is 2.76 bits per heavy atom. The molecule has 1 heterocycles. The number of hydrogen-bond donors (Lipinski definition) is 2. The Balaban J connectivity index is 1.31. The van der Waals surface area contributed by atoms with E-state index in [1.807, 2.05) is 48.5 Å². The van der Waals surface area contributed by atoms with E-state index in [0.29, 0.717) is 12.3 Å². The zero-order valence-electron chi connectivity index (χ0n) is 13.8. The lowest BCUT2D eigenvalue weighted by Gasteiger charge is -2.05. The minimum atomic E-state index is 0.0727. The first-order chi connectivity index (χ1) is 12.2. The minimum absolute atomic E-state index is 0.0727. The summed E-state index contributed by atoms with van der Waals surface area (Å²) in [5.41, 5.74) is 3.22. The molecule has 4 nitrogen and oxygen atoms in total. The van der Waals surface area contributed by atoms with Gasteiger partial charge in [-0.05, 0) is 36.2 Å². The van der Waals surface area contributed by atoms with E-state index in [1.54, 1.807) is 11.8 Å². The van der Waals surface area contributed by atoms with Crippen molar-refractivity contribution in [3.63, 3.8) is 0 Å². The van der Waals surface area contributed by atoms with Crippen molar-refractivity contribution in [1.82, 2.24) is 15.3 Å². The average Bonchev–Trinajstić information content (AvgIpc) is 3.03. The number of H-pyrrole nitrogens is 1. The molecule has 0 aliphatic rings. The van der Waals surface area contributed by atoms with Crippen LogP contribution in [0.2, 0.25) is 5.02 Å². The maximum Gasteiger partial charge on any atom is 0.230 e. The molecule has 25 heavy (non-hydrogen) atoms. The van der Waals surface area contributed by atoms with Crippen LogP contribution in [0.5, 0.6) is 0 Å². The number of rotatable bonds is 8. The summed E-state index contributed by atoms with van der Waals surface area (Å²) < 4.78 is 0. The molecule has 1 aromatic heterocycles. The molecular weight excluding hydrogens is 354 g/mol. The highest BCUT2D eigenvalue weighted by atomic mass is 35.5. The highest BCUT2D eigenvalue weighted by Gasteiger charge is 2.04. The van der Waals surface area contributed by atoms with Crippen LogP contribution in [0.4, 0.5) is 0 Å². The first-order valence-electron chi connectivity index (χ1n) is 8.23. The second-order valence-electron chi connectivity index (χ2n) is 5.77. The summed E-state index contributed by atoms with van der Waals surface area (Å²) in [6, 6.07) is 15.7. The number of halogens is 1. The Kier molecular flexibility index (Phi) is 6.36. The van der Waals surface area contributed by atoms with Crippen molar-refractivity contribution < 1.29 is 4.79 Å². The molecule has 0 radical (unpaired) electrons. The molecule has 0 spiro atoms. The van der Waals surface area contributed by atoms with Crippen LogP contribution in [0.1, 0.15) is 17.8 Å². The fourth-order valence-electron chi connectivity index (χ4n) is 2.50. The Morgan fingerprint density at radius 1 is 1.16 bits per heavy atom. The number of aryl methyl sites for hydroxylation is 1. The van der Waals surface area contributed by atoms with Gasteiger partial charge in [0.2, 0.25) is 5.91 Å². The molecule has 3 aromatic rings. The van der Waals surface area contributed by atoms with E-state index in [1.165, 1.54) is 5.56 Å². The van der Waals surface area contributed by atoms with Crippen molar-refractivity contribution in [2.75, 3.05) is 12.3 Å². The van der Waals surface area contributed by atoms with Crippen LogP contribution in [-0.4, -0.2) is 28.2 Å². The average molecular weight is 374 g/mol. The molecule has 0 saturated heterocycles. The number of aromatic amines is 1. The molecule has 2 aromatic carbocycles. The van der Waals surface area contributed by atoms with Crippen molar-refractivity contribution in [2.24, 2.45) is 0 Å². The highest BCUT2D eigenvalue weighted by molar-refractivity contribution is 7.99. The Bertz CT molecular complexity index is 799. The molecule has 0 fully saturated rings. The SMILES string of the molecule is O=C(CSCc1ccc(Cl)cc1)NCCCc1nc2ccccc2[nH]1.